The molecule has 0 saturated heterocycles. The van der Waals surface area contributed by atoms with Crippen molar-refractivity contribution in [1.82, 2.24) is 9.88 Å². The Hall–Kier alpha value is -1.88. The Labute approximate surface area is 103 Å². The third kappa shape index (κ3) is 1.67. The van der Waals surface area contributed by atoms with E-state index in [0.29, 0.717) is 6.54 Å². The number of hydrogen-bond donors (Lipinski definition) is 2. The van der Waals surface area contributed by atoms with Gasteiger partial charge in [0.05, 0.1) is 11.9 Å². The van der Waals surface area contributed by atoms with Gasteiger partial charge < -0.3 is 15.0 Å². The number of fused-ring (bicyclic) bond motifs is 3. The number of nitrogens with one attached hydrogen (secondary N) is 1. The average Bonchev–Trinajstić information content (AvgIpc) is 2.64. The molecule has 4 nitrogen and oxygen atoms in total. The van der Waals surface area contributed by atoms with Gasteiger partial charge in [-0.1, -0.05) is 0 Å². The van der Waals surface area contributed by atoms with Crippen LogP contribution in [-0.4, -0.2) is 22.2 Å². The Morgan fingerprint density at radius 3 is 3.11 bits per heavy atom. The number of aromatic nitrogens is 1. The number of halogens is 1. The number of nitrogens with zero attached hydrogens (tertiary/aromatic N) is 1. The molecular formula is C13H13FN2O2. The van der Waals surface area contributed by atoms with E-state index < -0.39 is 5.97 Å². The van der Waals surface area contributed by atoms with Crippen LogP contribution in [0.2, 0.25) is 0 Å². The van der Waals surface area contributed by atoms with E-state index in [2.05, 4.69) is 5.32 Å². The normalized spacial score (nSPS) is 14.7. The molecule has 18 heavy (non-hydrogen) atoms. The number of rotatable bonds is 2. The molecule has 1 aromatic carbocycles. The van der Waals surface area contributed by atoms with Gasteiger partial charge in [-0.3, -0.25) is 4.79 Å². The lowest BCUT2D eigenvalue weighted by Gasteiger charge is -2.18. The summed E-state index contributed by atoms with van der Waals surface area (Å²) in [6.45, 7) is 2.20. The minimum absolute atomic E-state index is 0.0217. The highest BCUT2D eigenvalue weighted by Crippen LogP contribution is 2.28. The monoisotopic (exact) mass is 248 g/mol. The van der Waals surface area contributed by atoms with Gasteiger partial charge in [-0.2, -0.15) is 0 Å². The van der Waals surface area contributed by atoms with Crippen LogP contribution in [0, 0.1) is 5.82 Å². The van der Waals surface area contributed by atoms with Gasteiger partial charge in [0, 0.05) is 30.7 Å². The molecular weight excluding hydrogens is 235 g/mol. The van der Waals surface area contributed by atoms with Gasteiger partial charge in [-0.15, -0.1) is 0 Å². The highest BCUT2D eigenvalue weighted by Gasteiger charge is 2.21. The summed E-state index contributed by atoms with van der Waals surface area (Å²) in [5, 5.41) is 13.1. The van der Waals surface area contributed by atoms with Crippen LogP contribution in [0.15, 0.2) is 18.2 Å². The van der Waals surface area contributed by atoms with Crippen molar-refractivity contribution in [2.75, 3.05) is 6.54 Å². The Morgan fingerprint density at radius 2 is 2.33 bits per heavy atom. The topological polar surface area (TPSA) is 54.3 Å². The smallest absolute Gasteiger partial charge is 0.307 e. The van der Waals surface area contributed by atoms with Crippen molar-refractivity contribution < 1.29 is 14.3 Å². The van der Waals surface area contributed by atoms with Crippen molar-refractivity contribution in [2.24, 2.45) is 0 Å². The van der Waals surface area contributed by atoms with Crippen LogP contribution in [0.3, 0.4) is 0 Å². The summed E-state index contributed by atoms with van der Waals surface area (Å²) in [5.41, 5.74) is 2.55. The van der Waals surface area contributed by atoms with Crippen LogP contribution in [0.25, 0.3) is 10.9 Å². The second kappa shape index (κ2) is 4.10. The highest BCUT2D eigenvalue weighted by atomic mass is 19.1. The first kappa shape index (κ1) is 11.2. The maximum atomic E-state index is 13.3. The fourth-order valence-electron chi connectivity index (χ4n) is 2.65. The lowest BCUT2D eigenvalue weighted by atomic mass is 10.1. The molecule has 1 aromatic heterocycles. The zero-order valence-corrected chi connectivity index (χ0v) is 9.74. The van der Waals surface area contributed by atoms with Gasteiger partial charge in [-0.25, -0.2) is 4.39 Å². The van der Waals surface area contributed by atoms with Crippen molar-refractivity contribution in [3.63, 3.8) is 0 Å². The molecule has 0 bridgehead atoms. The molecule has 2 aromatic rings. The van der Waals surface area contributed by atoms with Gasteiger partial charge in [0.25, 0.3) is 0 Å². The minimum Gasteiger partial charge on any atom is -0.481 e. The van der Waals surface area contributed by atoms with Gasteiger partial charge >= 0.3 is 5.97 Å². The molecule has 3 rings (SSSR count). The second-order valence-electron chi connectivity index (χ2n) is 4.49. The molecule has 0 atom stereocenters. The molecule has 0 spiro atoms. The lowest BCUT2D eigenvalue weighted by molar-refractivity contribution is -0.136. The van der Waals surface area contributed by atoms with Crippen LogP contribution >= 0.6 is 0 Å². The van der Waals surface area contributed by atoms with Crippen LogP contribution in [0.5, 0.6) is 0 Å². The quantitative estimate of drug-likeness (QED) is 0.847. The van der Waals surface area contributed by atoms with Gasteiger partial charge in [0.15, 0.2) is 0 Å². The lowest BCUT2D eigenvalue weighted by Crippen LogP contribution is -2.28. The average molecular weight is 248 g/mol. The van der Waals surface area contributed by atoms with E-state index in [0.717, 1.165) is 35.2 Å². The molecule has 2 heterocycles. The summed E-state index contributed by atoms with van der Waals surface area (Å²) >= 11 is 0. The highest BCUT2D eigenvalue weighted by molar-refractivity contribution is 5.89. The van der Waals surface area contributed by atoms with E-state index in [4.69, 9.17) is 5.11 Å². The zero-order chi connectivity index (χ0) is 12.7. The van der Waals surface area contributed by atoms with Crippen LogP contribution in [-0.2, 0) is 24.3 Å². The molecule has 94 valence electrons. The maximum Gasteiger partial charge on any atom is 0.307 e. The molecule has 0 aliphatic carbocycles. The summed E-state index contributed by atoms with van der Waals surface area (Å²) in [4.78, 5) is 11.0. The summed E-state index contributed by atoms with van der Waals surface area (Å²) in [7, 11) is 0. The van der Waals surface area contributed by atoms with E-state index in [1.165, 1.54) is 12.1 Å². The van der Waals surface area contributed by atoms with Crippen molar-refractivity contribution in [1.29, 1.82) is 0 Å². The first-order valence-corrected chi connectivity index (χ1v) is 5.89. The minimum atomic E-state index is -0.861. The van der Waals surface area contributed by atoms with Crippen molar-refractivity contribution in [3.05, 3.63) is 35.3 Å². The third-order valence-electron chi connectivity index (χ3n) is 3.38. The van der Waals surface area contributed by atoms with E-state index in [-0.39, 0.29) is 12.2 Å². The van der Waals surface area contributed by atoms with Crippen molar-refractivity contribution in [3.8, 4) is 0 Å². The summed E-state index contributed by atoms with van der Waals surface area (Å²) in [5.74, 6) is -1.15. The number of hydrogen-bond acceptors (Lipinski definition) is 2. The third-order valence-corrected chi connectivity index (χ3v) is 3.38. The summed E-state index contributed by atoms with van der Waals surface area (Å²) in [6.07, 6.45) is -0.0217. The Bertz CT molecular complexity index is 633. The van der Waals surface area contributed by atoms with Crippen LogP contribution in [0.4, 0.5) is 4.39 Å². The molecule has 0 radical (unpaired) electrons. The second-order valence-corrected chi connectivity index (χ2v) is 4.49. The van der Waals surface area contributed by atoms with Gasteiger partial charge in [-0.05, 0) is 23.8 Å². The van der Waals surface area contributed by atoms with Crippen molar-refractivity contribution >= 4 is 16.9 Å². The summed E-state index contributed by atoms with van der Waals surface area (Å²) in [6, 6.07) is 4.54. The van der Waals surface area contributed by atoms with Crippen LogP contribution in [0.1, 0.15) is 11.3 Å². The molecule has 0 saturated carbocycles. The molecule has 0 unspecified atom stereocenters. The fraction of sp³-hybridized carbons (Fsp3) is 0.308. The van der Waals surface area contributed by atoms with E-state index in [1.54, 1.807) is 6.07 Å². The SMILES string of the molecule is O=C(O)Cc1c2n(c3cc(F)ccc13)CCNC2. The standard InChI is InChI=1S/C13H13FN2O2/c14-8-1-2-9-10(6-13(17)18)12-7-15-3-4-16(12)11(9)5-8/h1-2,5,15H,3-4,6-7H2,(H,17,18). The number of benzene rings is 1. The number of carboxylic acids is 1. The maximum absolute atomic E-state index is 13.3. The molecule has 2 N–H and O–H groups in total. The number of carbonyl (C=O) groups is 1. The van der Waals surface area contributed by atoms with E-state index in [9.17, 15) is 9.18 Å². The number of carboxylic acid groups (broad SMARTS) is 1. The first-order chi connectivity index (χ1) is 8.66. The summed E-state index contributed by atoms with van der Waals surface area (Å²) < 4.78 is 15.4. The Balaban J connectivity index is 2.28. The predicted molar refractivity (Wildman–Crippen MR) is 64.9 cm³/mol. The molecule has 1 aliphatic rings. The number of aliphatic carboxylic acids is 1. The Morgan fingerprint density at radius 1 is 1.50 bits per heavy atom. The largest absolute Gasteiger partial charge is 0.481 e. The predicted octanol–water partition coefficient (Wildman–Crippen LogP) is 1.51. The molecule has 5 heteroatoms. The van der Waals surface area contributed by atoms with E-state index >= 15 is 0 Å². The van der Waals surface area contributed by atoms with Gasteiger partial charge in [0.1, 0.15) is 5.82 Å². The zero-order valence-electron chi connectivity index (χ0n) is 9.74. The van der Waals surface area contributed by atoms with Crippen molar-refractivity contribution in [2.45, 2.75) is 19.5 Å². The Kier molecular flexibility index (Phi) is 2.56. The molecule has 0 amide bonds. The van der Waals surface area contributed by atoms with E-state index in [1.807, 2.05) is 4.57 Å². The first-order valence-electron chi connectivity index (χ1n) is 5.89. The molecule has 1 aliphatic heterocycles. The molecule has 0 fully saturated rings. The van der Waals surface area contributed by atoms with Gasteiger partial charge in [0.2, 0.25) is 0 Å². The van der Waals surface area contributed by atoms with Crippen LogP contribution < -0.4 is 5.32 Å². The fourth-order valence-corrected chi connectivity index (χ4v) is 2.65.